The lowest BCUT2D eigenvalue weighted by atomic mass is 10.00. The van der Waals surface area contributed by atoms with Gasteiger partial charge in [-0.25, -0.2) is 0 Å². The van der Waals surface area contributed by atoms with Gasteiger partial charge >= 0.3 is 0 Å². The van der Waals surface area contributed by atoms with Crippen LogP contribution in [0.5, 0.6) is 11.5 Å². The number of carbonyl (C=O) groups excluding carboxylic acids is 2. The fraction of sp³-hybridized carbons (Fsp3) is 0.263. The lowest BCUT2D eigenvalue weighted by Crippen LogP contribution is -2.24. The van der Waals surface area contributed by atoms with Crippen molar-refractivity contribution in [3.05, 3.63) is 53.1 Å². The highest BCUT2D eigenvalue weighted by molar-refractivity contribution is 5.97. The number of nitrogens with one attached hydrogen (secondary N) is 2. The predicted molar refractivity (Wildman–Crippen MR) is 94.1 cm³/mol. The van der Waals surface area contributed by atoms with E-state index in [1.807, 2.05) is 24.3 Å². The van der Waals surface area contributed by atoms with Crippen LogP contribution in [0.1, 0.15) is 27.9 Å². The summed E-state index contributed by atoms with van der Waals surface area (Å²) >= 11 is 0. The number of fused-ring (bicyclic) bond motifs is 1. The molecule has 0 aliphatic carbocycles. The van der Waals surface area contributed by atoms with Gasteiger partial charge in [-0.15, -0.1) is 0 Å². The molecule has 1 aliphatic rings. The van der Waals surface area contributed by atoms with E-state index in [2.05, 4.69) is 10.6 Å². The number of benzene rings is 2. The van der Waals surface area contributed by atoms with Crippen molar-refractivity contribution < 1.29 is 19.1 Å². The summed E-state index contributed by atoms with van der Waals surface area (Å²) in [6.07, 6.45) is 1.10. The normalized spacial score (nSPS) is 12.8. The fourth-order valence-electron chi connectivity index (χ4n) is 2.80. The maximum Gasteiger partial charge on any atom is 0.251 e. The third-order valence-electron chi connectivity index (χ3n) is 4.16. The van der Waals surface area contributed by atoms with Crippen LogP contribution in [0, 0.1) is 0 Å². The zero-order chi connectivity index (χ0) is 17.8. The second kappa shape index (κ2) is 7.25. The van der Waals surface area contributed by atoms with Crippen LogP contribution in [0.2, 0.25) is 0 Å². The van der Waals surface area contributed by atoms with Crippen molar-refractivity contribution in [2.24, 2.45) is 0 Å². The van der Waals surface area contributed by atoms with Gasteiger partial charge in [0.15, 0.2) is 11.5 Å². The van der Waals surface area contributed by atoms with Gasteiger partial charge in [0.05, 0.1) is 14.2 Å². The van der Waals surface area contributed by atoms with Crippen molar-refractivity contribution in [3.63, 3.8) is 0 Å². The lowest BCUT2D eigenvalue weighted by Gasteiger charge is -2.17. The van der Waals surface area contributed by atoms with E-state index >= 15 is 0 Å². The Morgan fingerprint density at radius 2 is 1.88 bits per heavy atom. The standard InChI is InChI=1S/C19H20N2O4/c1-24-16-7-3-12(9-17(16)25-2)11-20-19(23)14-4-6-15-13(10-14)5-8-18(22)21-15/h3-4,6-7,9-10H,5,8,11H2,1-2H3,(H,20,23)(H,21,22). The molecule has 2 N–H and O–H groups in total. The molecule has 0 atom stereocenters. The summed E-state index contributed by atoms with van der Waals surface area (Å²) < 4.78 is 10.5. The maximum atomic E-state index is 12.4. The van der Waals surface area contributed by atoms with E-state index in [0.29, 0.717) is 36.4 Å². The molecule has 3 rings (SSSR count). The molecule has 0 spiro atoms. The summed E-state index contributed by atoms with van der Waals surface area (Å²) in [5, 5.41) is 5.71. The Balaban J connectivity index is 1.68. The molecule has 25 heavy (non-hydrogen) atoms. The van der Waals surface area contributed by atoms with Gasteiger partial charge in [0, 0.05) is 24.2 Å². The average Bonchev–Trinajstić information content (AvgIpc) is 2.65. The summed E-state index contributed by atoms with van der Waals surface area (Å²) in [5.41, 5.74) is 3.26. The van der Waals surface area contributed by atoms with Crippen LogP contribution in [0.25, 0.3) is 0 Å². The van der Waals surface area contributed by atoms with Crippen molar-refractivity contribution in [3.8, 4) is 11.5 Å². The van der Waals surface area contributed by atoms with Gasteiger partial charge in [-0.2, -0.15) is 0 Å². The minimum Gasteiger partial charge on any atom is -0.493 e. The Kier molecular flexibility index (Phi) is 4.88. The monoisotopic (exact) mass is 340 g/mol. The zero-order valence-electron chi connectivity index (χ0n) is 14.2. The minimum absolute atomic E-state index is 0.0122. The van der Waals surface area contributed by atoms with Crippen LogP contribution < -0.4 is 20.1 Å². The van der Waals surface area contributed by atoms with Crippen molar-refractivity contribution in [2.75, 3.05) is 19.5 Å². The summed E-state index contributed by atoms with van der Waals surface area (Å²) in [6, 6.07) is 10.8. The van der Waals surface area contributed by atoms with Gasteiger partial charge in [-0.05, 0) is 47.9 Å². The van der Waals surface area contributed by atoms with Crippen molar-refractivity contribution >= 4 is 17.5 Å². The molecule has 6 heteroatoms. The molecule has 6 nitrogen and oxygen atoms in total. The molecule has 0 bridgehead atoms. The van der Waals surface area contributed by atoms with Crippen LogP contribution >= 0.6 is 0 Å². The summed E-state index contributed by atoms with van der Waals surface area (Å²) in [6.45, 7) is 0.382. The number of aryl methyl sites for hydroxylation is 1. The largest absolute Gasteiger partial charge is 0.493 e. The first-order valence-electron chi connectivity index (χ1n) is 8.02. The molecule has 1 heterocycles. The number of ether oxygens (including phenoxy) is 2. The second-order valence-corrected chi connectivity index (χ2v) is 5.79. The SMILES string of the molecule is COc1ccc(CNC(=O)c2ccc3c(c2)CCC(=O)N3)cc1OC. The highest BCUT2D eigenvalue weighted by atomic mass is 16.5. The van der Waals surface area contributed by atoms with Crippen LogP contribution in [-0.4, -0.2) is 26.0 Å². The van der Waals surface area contributed by atoms with Gasteiger partial charge in [-0.3, -0.25) is 9.59 Å². The highest BCUT2D eigenvalue weighted by Crippen LogP contribution is 2.27. The predicted octanol–water partition coefficient (Wildman–Crippen LogP) is 2.52. The van der Waals surface area contributed by atoms with Gasteiger partial charge in [0.25, 0.3) is 5.91 Å². The average molecular weight is 340 g/mol. The first kappa shape index (κ1) is 16.8. The Hall–Kier alpha value is -3.02. The van der Waals surface area contributed by atoms with E-state index in [4.69, 9.17) is 9.47 Å². The van der Waals surface area contributed by atoms with Crippen LogP contribution in [-0.2, 0) is 17.8 Å². The maximum absolute atomic E-state index is 12.4. The van der Waals surface area contributed by atoms with E-state index in [-0.39, 0.29) is 11.8 Å². The minimum atomic E-state index is -0.158. The molecule has 2 aromatic rings. The number of anilines is 1. The Morgan fingerprint density at radius 3 is 2.64 bits per heavy atom. The molecule has 0 fully saturated rings. The van der Waals surface area contributed by atoms with Gasteiger partial charge in [0.1, 0.15) is 0 Å². The number of hydrogen-bond acceptors (Lipinski definition) is 4. The molecule has 0 saturated carbocycles. The summed E-state index contributed by atoms with van der Waals surface area (Å²) in [4.78, 5) is 23.8. The third-order valence-corrected chi connectivity index (χ3v) is 4.16. The molecule has 0 radical (unpaired) electrons. The molecule has 2 amide bonds. The quantitative estimate of drug-likeness (QED) is 0.877. The van der Waals surface area contributed by atoms with Crippen molar-refractivity contribution in [1.29, 1.82) is 0 Å². The third kappa shape index (κ3) is 3.74. The molecule has 0 aromatic heterocycles. The molecular weight excluding hydrogens is 320 g/mol. The van der Waals surface area contributed by atoms with Gasteiger partial charge < -0.3 is 20.1 Å². The molecule has 1 aliphatic heterocycles. The Morgan fingerprint density at radius 1 is 1.08 bits per heavy atom. The first-order chi connectivity index (χ1) is 12.1. The summed E-state index contributed by atoms with van der Waals surface area (Å²) in [5.74, 6) is 1.13. The molecule has 0 saturated heterocycles. The number of carbonyl (C=O) groups is 2. The zero-order valence-corrected chi connectivity index (χ0v) is 14.2. The topological polar surface area (TPSA) is 76.7 Å². The second-order valence-electron chi connectivity index (χ2n) is 5.79. The van der Waals surface area contributed by atoms with Crippen molar-refractivity contribution in [1.82, 2.24) is 5.32 Å². The van der Waals surface area contributed by atoms with E-state index in [9.17, 15) is 9.59 Å². The van der Waals surface area contributed by atoms with E-state index in [0.717, 1.165) is 16.8 Å². The Bertz CT molecular complexity index is 817. The lowest BCUT2D eigenvalue weighted by molar-refractivity contribution is -0.116. The van der Waals surface area contributed by atoms with E-state index in [1.165, 1.54) is 0 Å². The molecule has 0 unspecified atom stereocenters. The van der Waals surface area contributed by atoms with Crippen LogP contribution in [0.3, 0.4) is 0 Å². The highest BCUT2D eigenvalue weighted by Gasteiger charge is 2.16. The smallest absolute Gasteiger partial charge is 0.251 e. The van der Waals surface area contributed by atoms with Crippen molar-refractivity contribution in [2.45, 2.75) is 19.4 Å². The van der Waals surface area contributed by atoms with Gasteiger partial charge in [0.2, 0.25) is 5.91 Å². The van der Waals surface area contributed by atoms with Crippen LogP contribution in [0.15, 0.2) is 36.4 Å². The Labute approximate surface area is 146 Å². The summed E-state index contributed by atoms with van der Waals surface area (Å²) in [7, 11) is 3.16. The number of rotatable bonds is 5. The fourth-order valence-corrected chi connectivity index (χ4v) is 2.80. The molecular formula is C19H20N2O4. The number of methoxy groups -OCH3 is 2. The van der Waals surface area contributed by atoms with E-state index in [1.54, 1.807) is 26.4 Å². The number of hydrogen-bond donors (Lipinski definition) is 2. The molecule has 130 valence electrons. The first-order valence-corrected chi connectivity index (χ1v) is 8.02. The van der Waals surface area contributed by atoms with Gasteiger partial charge in [-0.1, -0.05) is 6.07 Å². The van der Waals surface area contributed by atoms with Crippen LogP contribution in [0.4, 0.5) is 5.69 Å². The molecule has 2 aromatic carbocycles. The number of amides is 2. The van der Waals surface area contributed by atoms with E-state index < -0.39 is 0 Å².